The van der Waals surface area contributed by atoms with Gasteiger partial charge in [-0.3, -0.25) is 4.79 Å². The molecule has 0 aromatic heterocycles. The molecule has 0 aliphatic heterocycles. The molecule has 2 atom stereocenters. The Hall–Kier alpha value is -1.57. The van der Waals surface area contributed by atoms with Gasteiger partial charge in [-0.05, 0) is 67.2 Å². The Labute approximate surface area is 140 Å². The average molecular weight is 314 g/mol. The molecule has 126 valence electrons. The van der Waals surface area contributed by atoms with Crippen LogP contribution in [0.4, 0.5) is 0 Å². The van der Waals surface area contributed by atoms with Gasteiger partial charge < -0.3 is 4.74 Å². The van der Waals surface area contributed by atoms with E-state index in [-0.39, 0.29) is 5.97 Å². The van der Waals surface area contributed by atoms with Crippen molar-refractivity contribution in [2.45, 2.75) is 65.7 Å². The first-order valence-corrected chi connectivity index (χ1v) is 9.12. The molecule has 0 N–H and O–H groups in total. The lowest BCUT2D eigenvalue weighted by molar-refractivity contribution is -0.134. The van der Waals surface area contributed by atoms with E-state index < -0.39 is 0 Å². The van der Waals surface area contributed by atoms with Gasteiger partial charge in [-0.15, -0.1) is 0 Å². The van der Waals surface area contributed by atoms with Crippen molar-refractivity contribution in [1.29, 1.82) is 0 Å². The normalized spacial score (nSPS) is 19.1. The van der Waals surface area contributed by atoms with Gasteiger partial charge in [0.2, 0.25) is 0 Å². The van der Waals surface area contributed by atoms with Gasteiger partial charge in [0.15, 0.2) is 0 Å². The van der Waals surface area contributed by atoms with Gasteiger partial charge in [-0.25, -0.2) is 0 Å². The van der Waals surface area contributed by atoms with Crippen LogP contribution in [0, 0.1) is 11.8 Å². The SMILES string of the molecule is CCCC(=O)Oc1ccc(C2=CCC(CC(C)CC)CC2)cc1. The average Bonchev–Trinajstić information content (AvgIpc) is 2.56. The highest BCUT2D eigenvalue weighted by Gasteiger charge is 2.17. The number of rotatable bonds is 7. The van der Waals surface area contributed by atoms with E-state index in [9.17, 15) is 4.79 Å². The van der Waals surface area contributed by atoms with E-state index >= 15 is 0 Å². The summed E-state index contributed by atoms with van der Waals surface area (Å²) in [5, 5.41) is 0. The molecule has 1 aliphatic carbocycles. The number of carbonyl (C=O) groups is 1. The largest absolute Gasteiger partial charge is 0.427 e. The standard InChI is InChI=1S/C21H30O2/c1-4-6-21(22)23-20-13-11-19(12-14-20)18-9-7-17(8-10-18)15-16(3)5-2/h9,11-14,16-17H,4-8,10,15H2,1-3H3. The molecular formula is C21H30O2. The highest BCUT2D eigenvalue weighted by Crippen LogP contribution is 2.34. The summed E-state index contributed by atoms with van der Waals surface area (Å²) < 4.78 is 5.31. The first-order valence-electron chi connectivity index (χ1n) is 9.12. The summed E-state index contributed by atoms with van der Waals surface area (Å²) in [7, 11) is 0. The number of carbonyl (C=O) groups excluding carboxylic acids is 1. The van der Waals surface area contributed by atoms with Crippen LogP contribution in [0.2, 0.25) is 0 Å². The summed E-state index contributed by atoms with van der Waals surface area (Å²) in [6, 6.07) is 7.98. The summed E-state index contributed by atoms with van der Waals surface area (Å²) in [6.45, 7) is 6.62. The minimum absolute atomic E-state index is 0.148. The molecule has 0 saturated heterocycles. The molecule has 0 radical (unpaired) electrons. The summed E-state index contributed by atoms with van der Waals surface area (Å²) >= 11 is 0. The molecule has 0 bridgehead atoms. The fourth-order valence-corrected chi connectivity index (χ4v) is 3.22. The molecule has 0 heterocycles. The van der Waals surface area contributed by atoms with Crippen molar-refractivity contribution in [1.82, 2.24) is 0 Å². The van der Waals surface area contributed by atoms with Gasteiger partial charge in [-0.2, -0.15) is 0 Å². The number of hydrogen-bond acceptors (Lipinski definition) is 2. The maximum atomic E-state index is 11.5. The van der Waals surface area contributed by atoms with Crippen LogP contribution < -0.4 is 4.74 Å². The zero-order valence-electron chi connectivity index (χ0n) is 14.8. The number of benzene rings is 1. The number of esters is 1. The predicted octanol–water partition coefficient (Wildman–Crippen LogP) is 6.01. The topological polar surface area (TPSA) is 26.3 Å². The van der Waals surface area contributed by atoms with E-state index in [1.165, 1.54) is 36.8 Å². The van der Waals surface area contributed by atoms with Crippen molar-refractivity contribution in [2.24, 2.45) is 11.8 Å². The second kappa shape index (κ2) is 8.90. The molecule has 1 aliphatic rings. The first kappa shape index (κ1) is 17.8. The lowest BCUT2D eigenvalue weighted by atomic mass is 9.81. The van der Waals surface area contributed by atoms with Crippen LogP contribution in [0.5, 0.6) is 5.75 Å². The molecule has 0 amide bonds. The van der Waals surface area contributed by atoms with Crippen molar-refractivity contribution >= 4 is 11.5 Å². The van der Waals surface area contributed by atoms with E-state index in [4.69, 9.17) is 4.74 Å². The fraction of sp³-hybridized carbons (Fsp3) is 0.571. The van der Waals surface area contributed by atoms with Gasteiger partial charge in [0.1, 0.15) is 5.75 Å². The number of allylic oxidation sites excluding steroid dienone is 2. The zero-order valence-corrected chi connectivity index (χ0v) is 14.8. The van der Waals surface area contributed by atoms with Crippen LogP contribution in [-0.4, -0.2) is 5.97 Å². The Balaban J connectivity index is 1.91. The van der Waals surface area contributed by atoms with E-state index in [0.29, 0.717) is 12.2 Å². The maximum absolute atomic E-state index is 11.5. The van der Waals surface area contributed by atoms with E-state index in [0.717, 1.165) is 24.7 Å². The minimum atomic E-state index is -0.148. The Kier molecular flexibility index (Phi) is 6.88. The van der Waals surface area contributed by atoms with Crippen LogP contribution in [0.25, 0.3) is 5.57 Å². The highest BCUT2D eigenvalue weighted by molar-refractivity contribution is 5.73. The van der Waals surface area contributed by atoms with Gasteiger partial charge in [0.05, 0.1) is 0 Å². The number of ether oxygens (including phenoxy) is 1. The zero-order chi connectivity index (χ0) is 16.7. The highest BCUT2D eigenvalue weighted by atomic mass is 16.5. The molecule has 2 heteroatoms. The van der Waals surface area contributed by atoms with Crippen LogP contribution >= 0.6 is 0 Å². The monoisotopic (exact) mass is 314 g/mol. The van der Waals surface area contributed by atoms with Crippen molar-refractivity contribution < 1.29 is 9.53 Å². The van der Waals surface area contributed by atoms with Gasteiger partial charge >= 0.3 is 5.97 Å². The molecule has 2 unspecified atom stereocenters. The summed E-state index contributed by atoms with van der Waals surface area (Å²) in [5.74, 6) is 2.19. The molecular weight excluding hydrogens is 284 g/mol. The molecule has 1 aromatic carbocycles. The molecule has 23 heavy (non-hydrogen) atoms. The van der Waals surface area contributed by atoms with Gasteiger partial charge in [-0.1, -0.05) is 45.4 Å². The van der Waals surface area contributed by atoms with Crippen LogP contribution in [0.15, 0.2) is 30.3 Å². The third kappa shape index (κ3) is 5.53. The van der Waals surface area contributed by atoms with Crippen molar-refractivity contribution in [3.63, 3.8) is 0 Å². The predicted molar refractivity (Wildman–Crippen MR) is 96.4 cm³/mol. The summed E-state index contributed by atoms with van der Waals surface area (Å²) in [4.78, 5) is 11.5. The first-order chi connectivity index (χ1) is 11.1. The quantitative estimate of drug-likeness (QED) is 0.455. The Morgan fingerprint density at radius 2 is 2.00 bits per heavy atom. The lowest BCUT2D eigenvalue weighted by Gasteiger charge is -2.24. The smallest absolute Gasteiger partial charge is 0.311 e. The molecule has 1 aromatic rings. The maximum Gasteiger partial charge on any atom is 0.311 e. The third-order valence-electron chi connectivity index (χ3n) is 4.86. The van der Waals surface area contributed by atoms with Gasteiger partial charge in [0, 0.05) is 6.42 Å². The van der Waals surface area contributed by atoms with Gasteiger partial charge in [0.25, 0.3) is 0 Å². The van der Waals surface area contributed by atoms with Crippen molar-refractivity contribution in [2.75, 3.05) is 0 Å². The summed E-state index contributed by atoms with van der Waals surface area (Å²) in [5.41, 5.74) is 2.71. The second-order valence-corrected chi connectivity index (χ2v) is 6.87. The molecule has 0 saturated carbocycles. The second-order valence-electron chi connectivity index (χ2n) is 6.87. The van der Waals surface area contributed by atoms with Crippen LogP contribution in [0.3, 0.4) is 0 Å². The fourth-order valence-electron chi connectivity index (χ4n) is 3.22. The van der Waals surface area contributed by atoms with E-state index in [1.807, 2.05) is 19.1 Å². The van der Waals surface area contributed by atoms with Crippen molar-refractivity contribution in [3.8, 4) is 5.75 Å². The van der Waals surface area contributed by atoms with Crippen LogP contribution in [0.1, 0.15) is 71.3 Å². The third-order valence-corrected chi connectivity index (χ3v) is 4.86. The lowest BCUT2D eigenvalue weighted by Crippen LogP contribution is -2.09. The molecule has 0 spiro atoms. The minimum Gasteiger partial charge on any atom is -0.427 e. The number of hydrogen-bond donors (Lipinski definition) is 0. The van der Waals surface area contributed by atoms with E-state index in [2.05, 4.69) is 32.1 Å². The molecule has 2 nitrogen and oxygen atoms in total. The van der Waals surface area contributed by atoms with Crippen molar-refractivity contribution in [3.05, 3.63) is 35.9 Å². The molecule has 0 fully saturated rings. The van der Waals surface area contributed by atoms with E-state index in [1.54, 1.807) is 0 Å². The Morgan fingerprint density at radius 3 is 2.57 bits per heavy atom. The van der Waals surface area contributed by atoms with Crippen LogP contribution in [-0.2, 0) is 4.79 Å². The Bertz CT molecular complexity index is 527. The Morgan fingerprint density at radius 1 is 1.26 bits per heavy atom. The summed E-state index contributed by atoms with van der Waals surface area (Å²) in [6.07, 6.45) is 10.0. The molecule has 2 rings (SSSR count).